The van der Waals surface area contributed by atoms with Crippen molar-refractivity contribution in [2.45, 2.75) is 31.3 Å². The van der Waals surface area contributed by atoms with Crippen LogP contribution in [0.5, 0.6) is 0 Å². The fraction of sp³-hybridized carbons (Fsp3) is 0.214. The molecule has 3 aromatic carbocycles. The highest BCUT2D eigenvalue weighted by atomic mass is 35.5. The number of allylic oxidation sites excluding steroid dienone is 1. The summed E-state index contributed by atoms with van der Waals surface area (Å²) in [5, 5.41) is 0.317. The zero-order valence-corrected chi connectivity index (χ0v) is 18.8. The summed E-state index contributed by atoms with van der Waals surface area (Å²) >= 11 is 6.76. The molecular formula is C28H23ClO4. The maximum atomic E-state index is 13.2. The second-order valence-electron chi connectivity index (χ2n) is 8.40. The average Bonchev–Trinajstić information content (AvgIpc) is 3.39. The van der Waals surface area contributed by atoms with Crippen molar-refractivity contribution in [3.05, 3.63) is 106 Å². The van der Waals surface area contributed by atoms with Crippen molar-refractivity contribution < 1.29 is 19.1 Å². The van der Waals surface area contributed by atoms with Crippen LogP contribution in [-0.4, -0.2) is 19.0 Å². The van der Waals surface area contributed by atoms with Crippen LogP contribution < -0.4 is 0 Å². The van der Waals surface area contributed by atoms with Crippen LogP contribution >= 0.6 is 11.6 Å². The van der Waals surface area contributed by atoms with Gasteiger partial charge < -0.3 is 9.47 Å². The Kier molecular flexibility index (Phi) is 5.77. The summed E-state index contributed by atoms with van der Waals surface area (Å²) in [5.74, 6) is -0.258. The van der Waals surface area contributed by atoms with Gasteiger partial charge in [-0.25, -0.2) is 4.79 Å². The molecule has 0 spiro atoms. The minimum absolute atomic E-state index is 0.192. The molecule has 0 heterocycles. The van der Waals surface area contributed by atoms with Gasteiger partial charge in [0.2, 0.25) is 0 Å². The van der Waals surface area contributed by atoms with Crippen molar-refractivity contribution in [3.63, 3.8) is 0 Å². The van der Waals surface area contributed by atoms with Crippen LogP contribution in [0.15, 0.2) is 67.3 Å². The maximum Gasteiger partial charge on any atom is 0.339 e. The molecule has 0 radical (unpaired) electrons. The number of aryl methyl sites for hydroxylation is 1. The Morgan fingerprint density at radius 3 is 2.64 bits per heavy atom. The molecule has 5 heteroatoms. The Balaban J connectivity index is 1.50. The summed E-state index contributed by atoms with van der Waals surface area (Å²) in [5.41, 5.74) is 7.03. The number of hydrogen-bond acceptors (Lipinski definition) is 4. The summed E-state index contributed by atoms with van der Waals surface area (Å²) < 4.78 is 11.2. The van der Waals surface area contributed by atoms with Crippen molar-refractivity contribution in [1.29, 1.82) is 0 Å². The lowest BCUT2D eigenvalue weighted by molar-refractivity contribution is -0.132. The fourth-order valence-electron chi connectivity index (χ4n) is 5.14. The minimum Gasteiger partial charge on any atom is -0.461 e. The lowest BCUT2D eigenvalue weighted by Gasteiger charge is -2.19. The standard InChI is InChI=1S/C28H23ClO4/c1-2-7-22-25-23(20-10-5-6-11-21(20)27(25)33-16-30)14-24(26(22)29)28(31)32-15-18-13-12-17-8-3-4-9-19(17)18/h2-6,8-11,14,16,18,27H,1,7,12-13,15H2. The molecule has 0 N–H and O–H groups in total. The SMILES string of the molecule is C=CCc1c(Cl)c(C(=O)OCC2CCc3ccccc32)cc2c1C(OC=O)c1ccccc1-2. The van der Waals surface area contributed by atoms with E-state index in [-0.39, 0.29) is 5.92 Å². The zero-order chi connectivity index (χ0) is 22.9. The van der Waals surface area contributed by atoms with Gasteiger partial charge in [0, 0.05) is 17.0 Å². The highest BCUT2D eigenvalue weighted by molar-refractivity contribution is 6.34. The summed E-state index contributed by atoms with van der Waals surface area (Å²) in [6.45, 7) is 4.60. The van der Waals surface area contributed by atoms with Gasteiger partial charge in [-0.3, -0.25) is 4.79 Å². The Bertz CT molecular complexity index is 1260. The number of halogens is 1. The first-order chi connectivity index (χ1) is 16.1. The second kappa shape index (κ2) is 8.87. The van der Waals surface area contributed by atoms with Gasteiger partial charge in [-0.05, 0) is 53.1 Å². The molecular weight excluding hydrogens is 436 g/mol. The largest absolute Gasteiger partial charge is 0.461 e. The molecule has 2 unspecified atom stereocenters. The Labute approximate surface area is 197 Å². The third kappa shape index (κ3) is 3.65. The van der Waals surface area contributed by atoms with Gasteiger partial charge in [0.25, 0.3) is 6.47 Å². The molecule has 5 rings (SSSR count). The Hall–Kier alpha value is -3.37. The highest BCUT2D eigenvalue weighted by Crippen LogP contribution is 2.49. The number of carbonyl (C=O) groups excluding carboxylic acids is 2. The third-order valence-electron chi connectivity index (χ3n) is 6.63. The fourth-order valence-corrected chi connectivity index (χ4v) is 5.45. The van der Waals surface area contributed by atoms with Gasteiger partial charge >= 0.3 is 5.97 Å². The minimum atomic E-state index is -0.568. The van der Waals surface area contributed by atoms with E-state index in [4.69, 9.17) is 21.1 Å². The van der Waals surface area contributed by atoms with Gasteiger partial charge in [0.1, 0.15) is 0 Å². The highest BCUT2D eigenvalue weighted by Gasteiger charge is 2.35. The number of hydrogen-bond donors (Lipinski definition) is 0. The molecule has 2 aliphatic rings. The topological polar surface area (TPSA) is 52.6 Å². The molecule has 2 aliphatic carbocycles. The molecule has 4 nitrogen and oxygen atoms in total. The van der Waals surface area contributed by atoms with Crippen molar-refractivity contribution in [2.75, 3.05) is 6.61 Å². The zero-order valence-electron chi connectivity index (χ0n) is 18.1. The van der Waals surface area contributed by atoms with Gasteiger partial charge in [0.05, 0.1) is 17.2 Å². The maximum absolute atomic E-state index is 13.2. The van der Waals surface area contributed by atoms with Crippen LogP contribution in [0, 0.1) is 0 Å². The van der Waals surface area contributed by atoms with E-state index in [2.05, 4.69) is 18.7 Å². The van der Waals surface area contributed by atoms with E-state index in [0.29, 0.717) is 30.1 Å². The third-order valence-corrected chi connectivity index (χ3v) is 7.07. The van der Waals surface area contributed by atoms with Gasteiger partial charge in [-0.15, -0.1) is 6.58 Å². The van der Waals surface area contributed by atoms with E-state index in [1.807, 2.05) is 36.4 Å². The molecule has 0 fully saturated rings. The lowest BCUT2D eigenvalue weighted by Crippen LogP contribution is -2.14. The number of carbonyl (C=O) groups is 2. The number of ether oxygens (including phenoxy) is 2. The summed E-state index contributed by atoms with van der Waals surface area (Å²) in [6.07, 6.45) is 3.56. The summed E-state index contributed by atoms with van der Waals surface area (Å²) in [4.78, 5) is 24.4. The van der Waals surface area contributed by atoms with Crippen LogP contribution in [0.4, 0.5) is 0 Å². The molecule has 166 valence electrons. The van der Waals surface area contributed by atoms with E-state index < -0.39 is 12.1 Å². The molecule has 0 saturated carbocycles. The van der Waals surface area contributed by atoms with Crippen molar-refractivity contribution in [2.24, 2.45) is 0 Å². The molecule has 0 bridgehead atoms. The van der Waals surface area contributed by atoms with Gasteiger partial charge in [-0.1, -0.05) is 66.2 Å². The summed E-state index contributed by atoms with van der Waals surface area (Å²) in [7, 11) is 0. The van der Waals surface area contributed by atoms with Gasteiger partial charge in [-0.2, -0.15) is 0 Å². The lowest BCUT2D eigenvalue weighted by atomic mass is 9.94. The number of esters is 1. The van der Waals surface area contributed by atoms with Crippen LogP contribution in [0.3, 0.4) is 0 Å². The van der Waals surface area contributed by atoms with Crippen LogP contribution in [0.2, 0.25) is 5.02 Å². The first-order valence-electron chi connectivity index (χ1n) is 11.0. The predicted molar refractivity (Wildman–Crippen MR) is 128 cm³/mol. The molecule has 0 aromatic heterocycles. The first kappa shape index (κ1) is 21.5. The Morgan fingerprint density at radius 2 is 1.85 bits per heavy atom. The van der Waals surface area contributed by atoms with E-state index in [1.165, 1.54) is 11.1 Å². The molecule has 0 amide bonds. The van der Waals surface area contributed by atoms with Crippen molar-refractivity contribution >= 4 is 24.0 Å². The smallest absolute Gasteiger partial charge is 0.339 e. The number of benzene rings is 3. The van der Waals surface area contributed by atoms with Crippen molar-refractivity contribution in [1.82, 2.24) is 0 Å². The van der Waals surface area contributed by atoms with Crippen LogP contribution in [0.25, 0.3) is 11.1 Å². The predicted octanol–water partition coefficient (Wildman–Crippen LogP) is 6.20. The number of rotatable bonds is 7. The molecule has 3 aromatic rings. The summed E-state index contributed by atoms with van der Waals surface area (Å²) in [6, 6.07) is 17.8. The van der Waals surface area contributed by atoms with Crippen LogP contribution in [0.1, 0.15) is 56.6 Å². The Morgan fingerprint density at radius 1 is 1.09 bits per heavy atom. The molecule has 2 atom stereocenters. The molecule has 0 aliphatic heterocycles. The molecule has 33 heavy (non-hydrogen) atoms. The average molecular weight is 459 g/mol. The normalized spacial score (nSPS) is 17.6. The molecule has 0 saturated heterocycles. The number of fused-ring (bicyclic) bond motifs is 4. The monoisotopic (exact) mass is 458 g/mol. The second-order valence-corrected chi connectivity index (χ2v) is 8.78. The van der Waals surface area contributed by atoms with Crippen molar-refractivity contribution in [3.8, 4) is 11.1 Å². The van der Waals surface area contributed by atoms with Gasteiger partial charge in [0.15, 0.2) is 6.10 Å². The quantitative estimate of drug-likeness (QED) is 0.240. The van der Waals surface area contributed by atoms with E-state index in [1.54, 1.807) is 12.1 Å². The van der Waals surface area contributed by atoms with Crippen LogP contribution in [-0.2, 0) is 27.1 Å². The van der Waals surface area contributed by atoms with E-state index in [0.717, 1.165) is 40.7 Å². The first-order valence-corrected chi connectivity index (χ1v) is 11.4. The van der Waals surface area contributed by atoms with E-state index >= 15 is 0 Å². The van der Waals surface area contributed by atoms with E-state index in [9.17, 15) is 9.59 Å².